The maximum Gasteiger partial charge on any atom is 0.123 e. The van der Waals surface area contributed by atoms with Gasteiger partial charge in [-0.3, -0.25) is 0 Å². The molecule has 2 aromatic rings. The Bertz CT molecular complexity index is 515. The van der Waals surface area contributed by atoms with Crippen molar-refractivity contribution in [3.63, 3.8) is 0 Å². The summed E-state index contributed by atoms with van der Waals surface area (Å²) in [5.74, 6) is 0.677. The lowest BCUT2D eigenvalue weighted by atomic mass is 10.1. The lowest BCUT2D eigenvalue weighted by Crippen LogP contribution is -2.07. The molecule has 0 heterocycles. The number of ether oxygens (including phenoxy) is 1. The second kappa shape index (κ2) is 7.08. The predicted octanol–water partition coefficient (Wildman–Crippen LogP) is 3.20. The van der Waals surface area contributed by atoms with E-state index in [4.69, 9.17) is 4.74 Å². The van der Waals surface area contributed by atoms with Crippen molar-refractivity contribution in [2.24, 2.45) is 0 Å². The van der Waals surface area contributed by atoms with Crippen molar-refractivity contribution in [3.05, 3.63) is 65.2 Å². The molecule has 0 saturated carbocycles. The summed E-state index contributed by atoms with van der Waals surface area (Å²) in [6.07, 6.45) is 0.818. The van der Waals surface area contributed by atoms with E-state index >= 15 is 0 Å². The van der Waals surface area contributed by atoms with Gasteiger partial charge >= 0.3 is 0 Å². The van der Waals surface area contributed by atoms with Crippen LogP contribution in [0, 0.1) is 0 Å². The Morgan fingerprint density at radius 3 is 2.05 bits per heavy atom. The molecule has 0 fully saturated rings. The van der Waals surface area contributed by atoms with Gasteiger partial charge in [-0.2, -0.15) is 0 Å². The Balaban J connectivity index is 2.23. The molecule has 1 unspecified atom stereocenters. The molecular weight excluding hydrogens is 252 g/mol. The summed E-state index contributed by atoms with van der Waals surface area (Å²) in [6.45, 7) is 1.94. The smallest absolute Gasteiger partial charge is 0.123 e. The predicted molar refractivity (Wildman–Crippen MR) is 78.4 cm³/mol. The number of aliphatic hydroxyl groups excluding tert-OH is 2. The highest BCUT2D eigenvalue weighted by atomic mass is 16.5. The van der Waals surface area contributed by atoms with Crippen LogP contribution in [0.3, 0.4) is 0 Å². The van der Waals surface area contributed by atoms with Crippen LogP contribution in [0.15, 0.2) is 48.5 Å². The third-order valence-corrected chi connectivity index (χ3v) is 3.21. The fourth-order valence-electron chi connectivity index (χ4n) is 2.20. The number of rotatable bonds is 6. The fourth-order valence-corrected chi connectivity index (χ4v) is 2.20. The van der Waals surface area contributed by atoms with E-state index in [1.807, 2.05) is 42.5 Å². The van der Waals surface area contributed by atoms with Crippen molar-refractivity contribution in [3.8, 4) is 5.75 Å². The molecule has 0 spiro atoms. The second-order valence-electron chi connectivity index (χ2n) is 4.73. The van der Waals surface area contributed by atoms with E-state index in [2.05, 4.69) is 6.92 Å². The van der Waals surface area contributed by atoms with Gasteiger partial charge in [-0.05, 0) is 35.2 Å². The molecule has 106 valence electrons. The van der Waals surface area contributed by atoms with Crippen LogP contribution in [0.1, 0.15) is 36.1 Å². The maximum absolute atomic E-state index is 9.25. The summed E-state index contributed by atoms with van der Waals surface area (Å²) in [5.41, 5.74) is 2.61. The van der Waals surface area contributed by atoms with E-state index in [1.165, 1.54) is 0 Å². The van der Waals surface area contributed by atoms with Crippen LogP contribution < -0.4 is 4.74 Å². The zero-order chi connectivity index (χ0) is 14.4. The molecule has 0 saturated heterocycles. The van der Waals surface area contributed by atoms with E-state index in [0.29, 0.717) is 5.75 Å². The van der Waals surface area contributed by atoms with E-state index in [9.17, 15) is 10.2 Å². The van der Waals surface area contributed by atoms with Crippen molar-refractivity contribution < 1.29 is 14.9 Å². The molecule has 20 heavy (non-hydrogen) atoms. The minimum Gasteiger partial charge on any atom is -0.486 e. The van der Waals surface area contributed by atoms with Gasteiger partial charge in [0, 0.05) is 0 Å². The standard InChI is InChI=1S/C17H20O3/c1-2-17(15-6-4-3-5-7-15)20-16-9-13(11-18)8-14(10-16)12-19/h3-10,17-19H,2,11-12H2,1H3. The minimum atomic E-state index is -0.0632. The molecule has 0 aromatic heterocycles. The Kier molecular flexibility index (Phi) is 5.16. The molecule has 1 atom stereocenters. The summed E-state index contributed by atoms with van der Waals surface area (Å²) in [4.78, 5) is 0. The third-order valence-electron chi connectivity index (χ3n) is 3.21. The number of hydrogen-bond acceptors (Lipinski definition) is 3. The Hall–Kier alpha value is -1.84. The quantitative estimate of drug-likeness (QED) is 0.849. The summed E-state index contributed by atoms with van der Waals surface area (Å²) >= 11 is 0. The zero-order valence-electron chi connectivity index (χ0n) is 11.6. The lowest BCUT2D eigenvalue weighted by Gasteiger charge is -2.19. The maximum atomic E-state index is 9.25. The molecule has 0 aliphatic carbocycles. The Labute approximate surface area is 119 Å². The van der Waals surface area contributed by atoms with Crippen LogP contribution in [0.5, 0.6) is 5.75 Å². The van der Waals surface area contributed by atoms with E-state index in [0.717, 1.165) is 23.1 Å². The van der Waals surface area contributed by atoms with Crippen LogP contribution in [0.2, 0.25) is 0 Å². The molecule has 0 bridgehead atoms. The summed E-state index contributed by atoms with van der Waals surface area (Å²) in [7, 11) is 0. The van der Waals surface area contributed by atoms with E-state index in [1.54, 1.807) is 6.07 Å². The van der Waals surface area contributed by atoms with Crippen molar-refractivity contribution in [1.82, 2.24) is 0 Å². The van der Waals surface area contributed by atoms with Gasteiger partial charge in [0.25, 0.3) is 0 Å². The second-order valence-corrected chi connectivity index (χ2v) is 4.73. The van der Waals surface area contributed by atoms with Crippen LogP contribution in [0.4, 0.5) is 0 Å². The van der Waals surface area contributed by atoms with E-state index in [-0.39, 0.29) is 19.3 Å². The topological polar surface area (TPSA) is 49.7 Å². The highest BCUT2D eigenvalue weighted by Crippen LogP contribution is 2.26. The Morgan fingerprint density at radius 1 is 0.950 bits per heavy atom. The molecule has 2 N–H and O–H groups in total. The Morgan fingerprint density at radius 2 is 1.55 bits per heavy atom. The molecule has 2 rings (SSSR count). The summed E-state index contributed by atoms with van der Waals surface area (Å²) in [6, 6.07) is 15.4. The van der Waals surface area contributed by atoms with E-state index < -0.39 is 0 Å². The van der Waals surface area contributed by atoms with Crippen LogP contribution in [-0.4, -0.2) is 10.2 Å². The van der Waals surface area contributed by atoms with Gasteiger partial charge in [-0.1, -0.05) is 43.3 Å². The van der Waals surface area contributed by atoms with Crippen molar-refractivity contribution in [1.29, 1.82) is 0 Å². The van der Waals surface area contributed by atoms with Gasteiger partial charge in [-0.15, -0.1) is 0 Å². The van der Waals surface area contributed by atoms with Gasteiger partial charge in [0.15, 0.2) is 0 Å². The first-order chi connectivity index (χ1) is 9.76. The zero-order valence-corrected chi connectivity index (χ0v) is 11.6. The third kappa shape index (κ3) is 3.59. The van der Waals surface area contributed by atoms with Crippen molar-refractivity contribution in [2.45, 2.75) is 32.7 Å². The van der Waals surface area contributed by atoms with Gasteiger partial charge in [0.05, 0.1) is 13.2 Å². The fraction of sp³-hybridized carbons (Fsp3) is 0.294. The molecule has 3 heteroatoms. The minimum absolute atomic E-state index is 0.0308. The summed E-state index contributed by atoms with van der Waals surface area (Å²) < 4.78 is 6.01. The van der Waals surface area contributed by atoms with Gasteiger partial charge < -0.3 is 14.9 Å². The summed E-state index contributed by atoms with van der Waals surface area (Å²) in [5, 5.41) is 18.5. The molecule has 2 aromatic carbocycles. The molecular formula is C17H20O3. The molecule has 0 amide bonds. The van der Waals surface area contributed by atoms with Gasteiger partial charge in [0.1, 0.15) is 11.9 Å². The number of hydrogen-bond donors (Lipinski definition) is 2. The highest BCUT2D eigenvalue weighted by molar-refractivity contribution is 5.34. The molecule has 0 aliphatic rings. The monoisotopic (exact) mass is 272 g/mol. The lowest BCUT2D eigenvalue weighted by molar-refractivity contribution is 0.199. The number of aliphatic hydroxyl groups is 2. The largest absolute Gasteiger partial charge is 0.486 e. The normalized spacial score (nSPS) is 12.2. The van der Waals surface area contributed by atoms with Gasteiger partial charge in [0.2, 0.25) is 0 Å². The SMILES string of the molecule is CCC(Oc1cc(CO)cc(CO)c1)c1ccccc1. The highest BCUT2D eigenvalue weighted by Gasteiger charge is 2.11. The molecule has 0 aliphatic heterocycles. The average molecular weight is 272 g/mol. The first-order valence-electron chi connectivity index (χ1n) is 6.83. The first-order valence-corrected chi connectivity index (χ1v) is 6.83. The van der Waals surface area contributed by atoms with Gasteiger partial charge in [-0.25, -0.2) is 0 Å². The first kappa shape index (κ1) is 14.6. The number of benzene rings is 2. The van der Waals surface area contributed by atoms with Crippen molar-refractivity contribution in [2.75, 3.05) is 0 Å². The van der Waals surface area contributed by atoms with Crippen LogP contribution >= 0.6 is 0 Å². The van der Waals surface area contributed by atoms with Crippen molar-refractivity contribution >= 4 is 0 Å². The van der Waals surface area contributed by atoms with Crippen LogP contribution in [0.25, 0.3) is 0 Å². The molecule has 3 nitrogen and oxygen atoms in total. The average Bonchev–Trinajstić information content (AvgIpc) is 2.53. The molecule has 0 radical (unpaired) electrons. The van der Waals surface area contributed by atoms with Crippen LogP contribution in [-0.2, 0) is 13.2 Å².